The third-order valence-corrected chi connectivity index (χ3v) is 20.3. The largest absolute Gasteiger partial charge is 0.242 e. The van der Waals surface area contributed by atoms with Crippen LogP contribution in [0.5, 0.6) is 0 Å². The van der Waals surface area contributed by atoms with Crippen molar-refractivity contribution in [2.45, 2.75) is 83.1 Å². The molecule has 0 spiro atoms. The molecule has 4 heteroatoms. The predicted octanol–water partition coefficient (Wildman–Crippen LogP) is 7.45. The van der Waals surface area contributed by atoms with Crippen molar-refractivity contribution < 1.29 is 0 Å². The molecule has 0 aliphatic rings. The van der Waals surface area contributed by atoms with Crippen LogP contribution in [0.15, 0.2) is 182 Å². The molecule has 0 aromatic heterocycles. The highest BCUT2D eigenvalue weighted by Crippen LogP contribution is 2.16. The first kappa shape index (κ1) is 48.6. The van der Waals surface area contributed by atoms with Gasteiger partial charge in [0.05, 0.1) is 0 Å². The van der Waals surface area contributed by atoms with Crippen LogP contribution >= 0.6 is 0 Å². The van der Waals surface area contributed by atoms with E-state index in [1.54, 1.807) is 0 Å². The lowest BCUT2D eigenvalue weighted by molar-refractivity contribution is 1.34. The molecule has 0 fully saturated rings. The lowest BCUT2D eigenvalue weighted by atomic mass is 9.32. The summed E-state index contributed by atoms with van der Waals surface area (Å²) in [5.41, 5.74) is 24.5. The summed E-state index contributed by atoms with van der Waals surface area (Å²) in [6.07, 6.45) is 0. The van der Waals surface area contributed by atoms with Gasteiger partial charge in [0.25, 0.3) is 0 Å². The first-order valence-corrected chi connectivity index (χ1v) is 28.1. The number of hydrogen-bond donors (Lipinski definition) is 0. The van der Waals surface area contributed by atoms with Gasteiger partial charge in [0.2, 0.25) is 13.4 Å². The van der Waals surface area contributed by atoms with E-state index in [9.17, 15) is 0 Å². The third kappa shape index (κ3) is 9.57. The average molecular weight is 937 g/mol. The van der Waals surface area contributed by atoms with Gasteiger partial charge in [0.15, 0.2) is 17.6 Å². The molecule has 9 aromatic rings. The van der Waals surface area contributed by atoms with E-state index in [1.165, 1.54) is 131 Å². The fraction of sp³-hybridized carbons (Fsp3) is 0.182. The van der Waals surface area contributed by atoms with Crippen molar-refractivity contribution in [2.24, 2.45) is 0 Å². The SMILES string of the molecule is Cc1cc(C)c(B(c2cc([Si](c3ccccc3)c3ccccc3)c(B(c3c(C)cc(C)cc3C)c3c(C)cc(C)cc3C)cc2[Si](c2ccccc2)c2ccccc2)c2c(C)cc(C)cc2C)c(C)c1. The second kappa shape index (κ2) is 20.5. The number of hydrogen-bond acceptors (Lipinski definition) is 0. The lowest BCUT2D eigenvalue weighted by Crippen LogP contribution is -2.72. The molecule has 0 unspecified atom stereocenters. The Bertz CT molecular complexity index is 2830. The predicted molar refractivity (Wildman–Crippen MR) is 313 cm³/mol. The fourth-order valence-electron chi connectivity index (χ4n) is 12.4. The zero-order valence-electron chi connectivity index (χ0n) is 43.5. The minimum absolute atomic E-state index is 0.0321. The van der Waals surface area contributed by atoms with Gasteiger partial charge < -0.3 is 0 Å². The second-order valence-electron chi connectivity index (χ2n) is 20.4. The molecule has 0 aliphatic carbocycles. The summed E-state index contributed by atoms with van der Waals surface area (Å²) in [4.78, 5) is 0. The maximum Gasteiger partial charge on any atom is 0.242 e. The van der Waals surface area contributed by atoms with E-state index in [0.29, 0.717) is 0 Å². The summed E-state index contributed by atoms with van der Waals surface area (Å²) >= 11 is 0. The molecule has 0 amide bonds. The Morgan fingerprint density at radius 3 is 0.614 bits per heavy atom. The Kier molecular flexibility index (Phi) is 14.2. The third-order valence-electron chi connectivity index (χ3n) is 14.7. The monoisotopic (exact) mass is 936 g/mol. The van der Waals surface area contributed by atoms with Crippen LogP contribution in [0.3, 0.4) is 0 Å². The maximum absolute atomic E-state index is 2.79. The quantitative estimate of drug-likeness (QED) is 0.0884. The van der Waals surface area contributed by atoms with E-state index < -0.39 is 17.6 Å². The first-order chi connectivity index (χ1) is 33.7. The van der Waals surface area contributed by atoms with Gasteiger partial charge in [0.1, 0.15) is 0 Å². The maximum atomic E-state index is 2.79. The fourth-order valence-corrected chi connectivity index (χ4v) is 18.0. The molecule has 0 atom stereocenters. The minimum Gasteiger partial charge on any atom is -0.0689 e. The second-order valence-corrected chi connectivity index (χ2v) is 25.2. The summed E-state index contributed by atoms with van der Waals surface area (Å²) < 4.78 is 0. The van der Waals surface area contributed by atoms with Gasteiger partial charge in [-0.2, -0.15) is 0 Å². The highest BCUT2D eigenvalue weighted by molar-refractivity contribution is 7.08. The van der Waals surface area contributed by atoms with Gasteiger partial charge in [0, 0.05) is 0 Å². The molecule has 9 rings (SSSR count). The van der Waals surface area contributed by atoms with Crippen LogP contribution in [0, 0.1) is 83.1 Å². The zero-order valence-corrected chi connectivity index (χ0v) is 45.5. The van der Waals surface area contributed by atoms with Crippen molar-refractivity contribution >= 4 is 94.9 Å². The number of aryl methyl sites for hydroxylation is 12. The Morgan fingerprint density at radius 2 is 0.429 bits per heavy atom. The molecular formula is C66H66B2Si2. The van der Waals surface area contributed by atoms with Crippen molar-refractivity contribution in [3.05, 3.63) is 249 Å². The Labute approximate surface area is 424 Å². The van der Waals surface area contributed by atoms with Gasteiger partial charge in [-0.25, -0.2) is 0 Å². The molecule has 344 valence electrons. The van der Waals surface area contributed by atoms with Crippen LogP contribution < -0.4 is 63.9 Å². The van der Waals surface area contributed by atoms with Crippen molar-refractivity contribution in [1.29, 1.82) is 0 Å². The van der Waals surface area contributed by atoms with Crippen molar-refractivity contribution in [2.75, 3.05) is 0 Å². The zero-order chi connectivity index (χ0) is 49.4. The minimum atomic E-state index is -1.66. The van der Waals surface area contributed by atoms with E-state index in [2.05, 4.69) is 265 Å². The van der Waals surface area contributed by atoms with Crippen LogP contribution in [0.25, 0.3) is 0 Å². The van der Waals surface area contributed by atoms with Gasteiger partial charge in [-0.15, -0.1) is 0 Å². The first-order valence-electron chi connectivity index (χ1n) is 25.1. The molecular weight excluding hydrogens is 871 g/mol. The topological polar surface area (TPSA) is 0 Å². The Balaban J connectivity index is 1.57. The van der Waals surface area contributed by atoms with E-state index in [-0.39, 0.29) is 13.4 Å². The van der Waals surface area contributed by atoms with E-state index >= 15 is 0 Å². The Hall–Kier alpha value is -6.46. The van der Waals surface area contributed by atoms with Crippen LogP contribution in [0.1, 0.15) is 66.8 Å². The molecule has 70 heavy (non-hydrogen) atoms. The van der Waals surface area contributed by atoms with Crippen LogP contribution in [0.4, 0.5) is 0 Å². The van der Waals surface area contributed by atoms with E-state index in [4.69, 9.17) is 0 Å². The molecule has 0 bridgehead atoms. The molecule has 9 aromatic carbocycles. The molecule has 2 radical (unpaired) electrons. The molecule has 0 saturated heterocycles. The highest BCUT2D eigenvalue weighted by atomic mass is 28.3. The van der Waals surface area contributed by atoms with Crippen molar-refractivity contribution in [3.63, 3.8) is 0 Å². The van der Waals surface area contributed by atoms with Crippen LogP contribution in [-0.2, 0) is 0 Å². The van der Waals surface area contributed by atoms with Gasteiger partial charge in [-0.05, 0) is 83.1 Å². The van der Waals surface area contributed by atoms with Crippen LogP contribution in [-0.4, -0.2) is 31.0 Å². The van der Waals surface area contributed by atoms with Crippen LogP contribution in [0.2, 0.25) is 0 Å². The molecule has 0 nitrogen and oxygen atoms in total. The summed E-state index contributed by atoms with van der Waals surface area (Å²) in [7, 11) is -3.32. The van der Waals surface area contributed by atoms with Gasteiger partial charge in [-0.3, -0.25) is 0 Å². The normalized spacial score (nSPS) is 11.4. The van der Waals surface area contributed by atoms with E-state index in [1.807, 2.05) is 0 Å². The summed E-state index contributed by atoms with van der Waals surface area (Å²) in [5, 5.41) is 8.50. The summed E-state index contributed by atoms with van der Waals surface area (Å²) in [6.45, 7) is 27.9. The van der Waals surface area contributed by atoms with Crippen molar-refractivity contribution in [1.82, 2.24) is 0 Å². The highest BCUT2D eigenvalue weighted by Gasteiger charge is 2.39. The number of rotatable bonds is 12. The average Bonchev–Trinajstić information content (AvgIpc) is 3.31. The molecule has 0 aliphatic heterocycles. The number of benzene rings is 9. The van der Waals surface area contributed by atoms with Gasteiger partial charge >= 0.3 is 0 Å². The molecule has 0 N–H and O–H groups in total. The smallest absolute Gasteiger partial charge is 0.0689 e. The molecule has 0 heterocycles. The Morgan fingerprint density at radius 1 is 0.243 bits per heavy atom. The summed E-state index contributed by atoms with van der Waals surface area (Å²) in [6, 6.07) is 71.0. The summed E-state index contributed by atoms with van der Waals surface area (Å²) in [5.74, 6) is 0. The lowest BCUT2D eigenvalue weighted by Gasteiger charge is -2.34. The van der Waals surface area contributed by atoms with E-state index in [0.717, 1.165) is 0 Å². The van der Waals surface area contributed by atoms with Crippen molar-refractivity contribution in [3.8, 4) is 0 Å². The standard InChI is InChI=1S/C66H66B2Si2/c1-43-33-47(5)63(48(6)34-43)67(64-49(7)35-44(2)36-50(64)8)59-41-62(70(57-29-21-15-22-30-57)58-31-23-16-24-32-58)60(42-61(59)69(55-25-17-13-18-26-55)56-27-19-14-20-28-56)68(65-51(9)37-45(3)38-52(65)10)66-53(11)39-46(4)40-54(66)12/h13-42H,1-12H3. The molecule has 0 saturated carbocycles. The van der Waals surface area contributed by atoms with Gasteiger partial charge in [-0.1, -0.05) is 313 Å².